The van der Waals surface area contributed by atoms with Gasteiger partial charge in [0.15, 0.2) is 11.6 Å². The van der Waals surface area contributed by atoms with Gasteiger partial charge in [0.2, 0.25) is 11.8 Å². The molecule has 9 nitrogen and oxygen atoms in total. The first-order valence-corrected chi connectivity index (χ1v) is 21.4. The number of halogens is 1. The van der Waals surface area contributed by atoms with E-state index in [2.05, 4.69) is 45.0 Å². The summed E-state index contributed by atoms with van der Waals surface area (Å²) in [6.07, 6.45) is 2.54. The van der Waals surface area contributed by atoms with Crippen LogP contribution in [0, 0.1) is 23.6 Å². The van der Waals surface area contributed by atoms with E-state index in [0.717, 1.165) is 32.0 Å². The average molecular weight is 788 g/mol. The van der Waals surface area contributed by atoms with Crippen LogP contribution in [0.5, 0.6) is 5.75 Å². The summed E-state index contributed by atoms with van der Waals surface area (Å²) in [6.45, 7) is 8.69. The van der Waals surface area contributed by atoms with E-state index in [0.29, 0.717) is 18.4 Å². The lowest BCUT2D eigenvalue weighted by atomic mass is 9.58. The zero-order valence-electron chi connectivity index (χ0n) is 32.6. The normalized spacial score (nSPS) is 21.5. The molecule has 57 heavy (non-hydrogen) atoms. The first-order chi connectivity index (χ1) is 27.2. The van der Waals surface area contributed by atoms with Gasteiger partial charge in [0.05, 0.1) is 30.2 Å². The Balaban J connectivity index is 1.30. The quantitative estimate of drug-likeness (QED) is 0.0951. The first kappa shape index (κ1) is 40.6. The summed E-state index contributed by atoms with van der Waals surface area (Å²) in [7, 11) is -6.03. The summed E-state index contributed by atoms with van der Waals surface area (Å²) >= 11 is 0. The summed E-state index contributed by atoms with van der Waals surface area (Å²) in [5, 5.41) is 42.6. The zero-order chi connectivity index (χ0) is 40.6. The number of aromatic hydroxyl groups is 1. The molecule has 4 aromatic rings. The summed E-state index contributed by atoms with van der Waals surface area (Å²) in [4.78, 5) is 30.1. The maximum atomic E-state index is 14.5. The molecule has 13 heteroatoms. The van der Waals surface area contributed by atoms with Crippen molar-refractivity contribution in [1.82, 2.24) is 0 Å². The molecule has 1 aliphatic carbocycles. The molecule has 2 amide bonds. The van der Waals surface area contributed by atoms with E-state index >= 15 is 0 Å². The number of allylic oxidation sites excluding steroid dienone is 1. The molecular weight excluding hydrogens is 739 g/mol. The molecule has 4 N–H and O–H groups in total. The van der Waals surface area contributed by atoms with E-state index in [4.69, 9.17) is 9.08 Å². The minimum absolute atomic E-state index is 0.111. The highest BCUT2D eigenvalue weighted by Crippen LogP contribution is 2.52. The minimum Gasteiger partial charge on any atom is -0.505 e. The van der Waals surface area contributed by atoms with E-state index in [1.54, 1.807) is 18.2 Å². The number of hydrogen-bond donors (Lipinski definition) is 4. The first-order valence-electron chi connectivity index (χ1n) is 19.5. The smallest absolute Gasteiger partial charge is 0.488 e. The molecule has 0 saturated carbocycles. The van der Waals surface area contributed by atoms with E-state index in [9.17, 15) is 34.2 Å². The fourth-order valence-corrected chi connectivity index (χ4v) is 13.8. The third-order valence-corrected chi connectivity index (χ3v) is 16.8. The van der Waals surface area contributed by atoms with Crippen molar-refractivity contribution in [2.75, 3.05) is 11.5 Å². The highest BCUT2D eigenvalue weighted by Gasteiger charge is 2.58. The van der Waals surface area contributed by atoms with Gasteiger partial charge in [0.1, 0.15) is 0 Å². The number of benzene rings is 4. The number of phenols is 1. The van der Waals surface area contributed by atoms with Crippen molar-refractivity contribution in [3.8, 4) is 5.75 Å². The third-order valence-electron chi connectivity index (χ3n) is 11.8. The number of rotatable bonds is 11. The van der Waals surface area contributed by atoms with Crippen LogP contribution < -0.4 is 20.7 Å². The van der Waals surface area contributed by atoms with Gasteiger partial charge in [-0.1, -0.05) is 111 Å². The predicted molar refractivity (Wildman–Crippen MR) is 223 cm³/mol. The van der Waals surface area contributed by atoms with Gasteiger partial charge in [-0.25, -0.2) is 4.39 Å². The van der Waals surface area contributed by atoms with Crippen molar-refractivity contribution in [1.29, 1.82) is 0 Å². The molecule has 2 fully saturated rings. The SMILES string of the molecule is C/C(=C\c1ccc(O)c(F)c1)CC[C@H]1OB(O)C[C@H]2C1=C(CO[Si](c1ccccc1)(c1ccccc1)C(C)(C)C)C[C@H]1C(=O)N(c3cccc(B(O)O)c3)C(=O)[C@H]12. The molecular formula is C44H48B2FNO8Si. The lowest BCUT2D eigenvalue weighted by Gasteiger charge is -2.46. The zero-order valence-corrected chi connectivity index (χ0v) is 33.6. The van der Waals surface area contributed by atoms with Crippen LogP contribution in [0.3, 0.4) is 0 Å². The molecule has 2 saturated heterocycles. The molecule has 2 heterocycles. The molecule has 4 atom stereocenters. The highest BCUT2D eigenvalue weighted by molar-refractivity contribution is 6.99. The van der Waals surface area contributed by atoms with Crippen molar-refractivity contribution in [3.63, 3.8) is 0 Å². The van der Waals surface area contributed by atoms with Gasteiger partial charge in [-0.2, -0.15) is 0 Å². The molecule has 294 valence electrons. The Morgan fingerprint density at radius 1 is 0.947 bits per heavy atom. The topological polar surface area (TPSA) is 137 Å². The molecule has 0 bridgehead atoms. The van der Waals surface area contributed by atoms with Crippen LogP contribution in [0.2, 0.25) is 11.4 Å². The number of nitrogens with zero attached hydrogens (tertiary/aromatic N) is 1. The highest BCUT2D eigenvalue weighted by atomic mass is 28.4. The van der Waals surface area contributed by atoms with E-state index in [1.807, 2.05) is 49.4 Å². The fraction of sp³-hybridized carbons (Fsp3) is 0.318. The van der Waals surface area contributed by atoms with Crippen LogP contribution in [0.4, 0.5) is 10.1 Å². The summed E-state index contributed by atoms with van der Waals surface area (Å²) in [5.41, 5.74) is 3.66. The molecule has 0 radical (unpaired) electrons. The number of hydrogen-bond acceptors (Lipinski definition) is 8. The fourth-order valence-electron chi connectivity index (χ4n) is 9.26. The number of carbonyl (C=O) groups is 2. The van der Waals surface area contributed by atoms with E-state index in [-0.39, 0.29) is 41.4 Å². The lowest BCUT2D eigenvalue weighted by molar-refractivity contribution is -0.122. The van der Waals surface area contributed by atoms with Crippen LogP contribution in [-0.2, 0) is 18.7 Å². The Kier molecular flexibility index (Phi) is 11.6. The molecule has 0 spiro atoms. The van der Waals surface area contributed by atoms with Crippen molar-refractivity contribution >= 4 is 62.0 Å². The molecule has 7 rings (SSSR count). The standard InChI is InChI=1S/C44H48B2FNO8Si/c1-28(22-29-19-20-38(49)37(47)23-29)18-21-39-40-30(27-55-57(44(2,3)4,33-14-7-5-8-15-33)34-16-9-6-10-17-34)24-35-41(36(40)26-45(52)56-39)43(51)48(42(35)50)32-13-11-12-31(25-32)46(53)54/h5-17,19-20,22-23,25,35-36,39,41,49,52-54H,18,21,24,26-27H2,1-4H3/b28-22+/t35-,36+,39-,41-/m1/s1. The van der Waals surface area contributed by atoms with E-state index < -0.39 is 63.9 Å². The largest absolute Gasteiger partial charge is 0.505 e. The van der Waals surface area contributed by atoms with Gasteiger partial charge in [-0.05, 0) is 100 Å². The average Bonchev–Trinajstić information content (AvgIpc) is 3.44. The Bertz CT molecular complexity index is 2160. The molecule has 4 aromatic carbocycles. The van der Waals surface area contributed by atoms with Crippen LogP contribution in [0.15, 0.2) is 120 Å². The number of amides is 2. The minimum atomic E-state index is -3.05. The Morgan fingerprint density at radius 2 is 1.61 bits per heavy atom. The number of fused-ring (bicyclic) bond motifs is 3. The molecule has 0 aromatic heterocycles. The van der Waals surface area contributed by atoms with Crippen molar-refractivity contribution in [2.24, 2.45) is 17.8 Å². The van der Waals surface area contributed by atoms with Gasteiger partial charge >= 0.3 is 14.2 Å². The van der Waals surface area contributed by atoms with Crippen LogP contribution in [0.1, 0.15) is 52.5 Å². The Morgan fingerprint density at radius 3 is 2.23 bits per heavy atom. The summed E-state index contributed by atoms with van der Waals surface area (Å²) in [6, 6.07) is 30.9. The molecule has 0 unspecified atom stereocenters. The monoisotopic (exact) mass is 787 g/mol. The summed E-state index contributed by atoms with van der Waals surface area (Å²) < 4.78 is 27.9. The second-order valence-electron chi connectivity index (χ2n) is 16.5. The number of carbonyl (C=O) groups excluding carboxylic acids is 2. The van der Waals surface area contributed by atoms with Crippen LogP contribution in [0.25, 0.3) is 6.08 Å². The van der Waals surface area contributed by atoms with Gasteiger partial charge < -0.3 is 29.3 Å². The number of phenolic OH excluding ortho intramolecular Hbond substituents is 1. The van der Waals surface area contributed by atoms with Crippen LogP contribution in [-0.4, -0.2) is 67.3 Å². The Hall–Kier alpha value is -4.62. The second-order valence-corrected chi connectivity index (χ2v) is 20.8. The number of imide groups is 1. The maximum absolute atomic E-state index is 14.5. The van der Waals surface area contributed by atoms with Gasteiger partial charge in [-0.3, -0.25) is 14.5 Å². The summed E-state index contributed by atoms with van der Waals surface area (Å²) in [5.74, 6) is -3.95. The third kappa shape index (κ3) is 7.84. The van der Waals surface area contributed by atoms with Crippen molar-refractivity contribution < 1.29 is 43.2 Å². The molecule has 3 aliphatic rings. The van der Waals surface area contributed by atoms with Gasteiger partial charge in [0.25, 0.3) is 8.32 Å². The van der Waals surface area contributed by atoms with Crippen molar-refractivity contribution in [2.45, 2.75) is 64.4 Å². The Labute approximate surface area is 334 Å². The van der Waals surface area contributed by atoms with Crippen LogP contribution >= 0.6 is 0 Å². The predicted octanol–water partition coefficient (Wildman–Crippen LogP) is 4.97. The maximum Gasteiger partial charge on any atom is 0.488 e. The lowest BCUT2D eigenvalue weighted by Crippen LogP contribution is -2.66. The van der Waals surface area contributed by atoms with Crippen molar-refractivity contribution in [3.05, 3.63) is 131 Å². The van der Waals surface area contributed by atoms with Gasteiger partial charge in [-0.15, -0.1) is 0 Å². The van der Waals surface area contributed by atoms with E-state index in [1.165, 1.54) is 24.3 Å². The number of anilines is 1. The van der Waals surface area contributed by atoms with Gasteiger partial charge in [0, 0.05) is 0 Å². The second kappa shape index (κ2) is 16.3. The molecule has 2 aliphatic heterocycles.